The summed E-state index contributed by atoms with van der Waals surface area (Å²) >= 11 is 5.81. The fraction of sp³-hybridized carbons (Fsp3) is 0.333. The highest BCUT2D eigenvalue weighted by molar-refractivity contribution is 6.17. The predicted molar refractivity (Wildman–Crippen MR) is 61.4 cm³/mol. The Balaban J connectivity index is 3.44. The highest BCUT2D eigenvalue weighted by Gasteiger charge is 2.16. The number of alkyl halides is 1. The summed E-state index contributed by atoms with van der Waals surface area (Å²) in [7, 11) is 1.33. The number of hydrogen-bond acceptors (Lipinski definition) is 3. The highest BCUT2D eigenvalue weighted by Crippen LogP contribution is 2.22. The molecule has 0 aliphatic carbocycles. The van der Waals surface area contributed by atoms with Gasteiger partial charge in [-0.3, -0.25) is 0 Å². The zero-order valence-corrected chi connectivity index (χ0v) is 9.97. The third-order valence-electron chi connectivity index (χ3n) is 2.44. The minimum atomic E-state index is -0.396. The van der Waals surface area contributed by atoms with Gasteiger partial charge in [0.2, 0.25) is 0 Å². The Bertz CT molecular complexity index is 449. The van der Waals surface area contributed by atoms with Crippen molar-refractivity contribution in [3.63, 3.8) is 0 Å². The number of hydrogen-bond donors (Lipinski definition) is 0. The monoisotopic (exact) mass is 237 g/mol. The van der Waals surface area contributed by atoms with E-state index < -0.39 is 5.97 Å². The zero-order valence-electron chi connectivity index (χ0n) is 9.21. The Hall–Kier alpha value is -1.53. The number of halogens is 1. The summed E-state index contributed by atoms with van der Waals surface area (Å²) in [4.78, 5) is 11.5. The second-order valence-corrected chi connectivity index (χ2v) is 3.48. The topological polar surface area (TPSA) is 50.1 Å². The van der Waals surface area contributed by atoms with E-state index in [1.807, 2.05) is 6.92 Å². The Labute approximate surface area is 99.6 Å². The molecule has 0 N–H and O–H groups in total. The average Bonchev–Trinajstić information content (AvgIpc) is 2.35. The minimum Gasteiger partial charge on any atom is -0.465 e. The van der Waals surface area contributed by atoms with Gasteiger partial charge >= 0.3 is 5.97 Å². The van der Waals surface area contributed by atoms with E-state index in [0.29, 0.717) is 17.5 Å². The number of methoxy groups -OCH3 is 1. The summed E-state index contributed by atoms with van der Waals surface area (Å²) in [6, 6.07) is 5.28. The van der Waals surface area contributed by atoms with Crippen molar-refractivity contribution in [2.75, 3.05) is 7.11 Å². The molecule has 1 aromatic rings. The van der Waals surface area contributed by atoms with Gasteiger partial charge in [-0.15, -0.1) is 11.6 Å². The van der Waals surface area contributed by atoms with Crippen molar-refractivity contribution in [1.82, 2.24) is 0 Å². The molecule has 1 aromatic carbocycles. The number of carbonyl (C=O) groups is 1. The van der Waals surface area contributed by atoms with E-state index >= 15 is 0 Å². The SMILES string of the molecule is CCc1c(C(=O)OC)ccc(C#N)c1CCl. The molecule has 0 aliphatic rings. The van der Waals surface area contributed by atoms with Crippen LogP contribution in [0, 0.1) is 11.3 Å². The van der Waals surface area contributed by atoms with Crippen LogP contribution in [0.15, 0.2) is 12.1 Å². The van der Waals surface area contributed by atoms with E-state index in [4.69, 9.17) is 16.9 Å². The van der Waals surface area contributed by atoms with Crippen molar-refractivity contribution < 1.29 is 9.53 Å². The van der Waals surface area contributed by atoms with Crippen LogP contribution in [-0.4, -0.2) is 13.1 Å². The van der Waals surface area contributed by atoms with Crippen LogP contribution in [0.25, 0.3) is 0 Å². The predicted octanol–water partition coefficient (Wildman–Crippen LogP) is 2.65. The van der Waals surface area contributed by atoms with Gasteiger partial charge in [-0.2, -0.15) is 5.26 Å². The van der Waals surface area contributed by atoms with Crippen molar-refractivity contribution in [2.45, 2.75) is 19.2 Å². The molecule has 3 nitrogen and oxygen atoms in total. The molecule has 0 fully saturated rings. The summed E-state index contributed by atoms with van der Waals surface area (Å²) in [5.41, 5.74) is 2.51. The molecule has 0 amide bonds. The Morgan fingerprint density at radius 3 is 2.62 bits per heavy atom. The number of esters is 1. The molecule has 0 heterocycles. The molecular formula is C12H12ClNO2. The molecule has 0 radical (unpaired) electrons. The first-order valence-electron chi connectivity index (χ1n) is 4.88. The summed E-state index contributed by atoms with van der Waals surface area (Å²) in [5.74, 6) is -0.176. The number of carbonyl (C=O) groups excluding carboxylic acids is 1. The molecule has 0 spiro atoms. The number of benzene rings is 1. The van der Waals surface area contributed by atoms with Gasteiger partial charge in [-0.1, -0.05) is 6.92 Å². The first-order chi connectivity index (χ1) is 7.69. The standard InChI is InChI=1S/C12H12ClNO2/c1-3-9-10(12(15)16-2)5-4-8(7-14)11(9)6-13/h4-5H,3,6H2,1-2H3. The number of nitriles is 1. The molecule has 0 atom stereocenters. The first-order valence-corrected chi connectivity index (χ1v) is 5.42. The highest BCUT2D eigenvalue weighted by atomic mass is 35.5. The average molecular weight is 238 g/mol. The second kappa shape index (κ2) is 5.53. The quantitative estimate of drug-likeness (QED) is 0.600. The smallest absolute Gasteiger partial charge is 0.338 e. The normalized spacial score (nSPS) is 9.62. The largest absolute Gasteiger partial charge is 0.465 e. The van der Waals surface area contributed by atoms with E-state index in [-0.39, 0.29) is 5.88 Å². The number of rotatable bonds is 3. The molecule has 0 saturated carbocycles. The van der Waals surface area contributed by atoms with Crippen LogP contribution in [0.4, 0.5) is 0 Å². The van der Waals surface area contributed by atoms with Crippen molar-refractivity contribution in [1.29, 1.82) is 5.26 Å². The third kappa shape index (κ3) is 2.17. The van der Waals surface area contributed by atoms with Gasteiger partial charge in [0.05, 0.1) is 24.3 Å². The number of ether oxygens (including phenoxy) is 1. The van der Waals surface area contributed by atoms with E-state index in [1.54, 1.807) is 12.1 Å². The summed E-state index contributed by atoms with van der Waals surface area (Å²) in [6.07, 6.45) is 0.641. The Kier molecular flexibility index (Phi) is 4.33. The van der Waals surface area contributed by atoms with Gasteiger partial charge in [0.25, 0.3) is 0 Å². The van der Waals surface area contributed by atoms with Gasteiger partial charge in [0, 0.05) is 5.88 Å². The third-order valence-corrected chi connectivity index (χ3v) is 2.71. The van der Waals surface area contributed by atoms with Crippen LogP contribution in [0.2, 0.25) is 0 Å². The van der Waals surface area contributed by atoms with E-state index in [9.17, 15) is 4.79 Å². The van der Waals surface area contributed by atoms with Crippen LogP contribution < -0.4 is 0 Å². The molecule has 16 heavy (non-hydrogen) atoms. The molecule has 0 saturated heterocycles. The molecule has 84 valence electrons. The second-order valence-electron chi connectivity index (χ2n) is 3.21. The molecule has 4 heteroatoms. The van der Waals surface area contributed by atoms with Gasteiger partial charge in [0.1, 0.15) is 0 Å². The van der Waals surface area contributed by atoms with E-state index in [0.717, 1.165) is 11.1 Å². The van der Waals surface area contributed by atoms with Crippen LogP contribution in [0.1, 0.15) is 34.0 Å². The lowest BCUT2D eigenvalue weighted by Gasteiger charge is -2.11. The fourth-order valence-electron chi connectivity index (χ4n) is 1.66. The van der Waals surface area contributed by atoms with Crippen LogP contribution in [-0.2, 0) is 17.0 Å². The minimum absolute atomic E-state index is 0.219. The van der Waals surface area contributed by atoms with E-state index in [2.05, 4.69) is 10.8 Å². The zero-order chi connectivity index (χ0) is 12.1. The fourth-order valence-corrected chi connectivity index (χ4v) is 1.96. The Morgan fingerprint density at radius 2 is 2.19 bits per heavy atom. The maximum Gasteiger partial charge on any atom is 0.338 e. The van der Waals surface area contributed by atoms with Crippen molar-refractivity contribution in [3.05, 3.63) is 34.4 Å². The van der Waals surface area contributed by atoms with Gasteiger partial charge in [-0.05, 0) is 29.7 Å². The molecule has 0 unspecified atom stereocenters. The van der Waals surface area contributed by atoms with Gasteiger partial charge in [0.15, 0.2) is 0 Å². The van der Waals surface area contributed by atoms with Gasteiger partial charge in [-0.25, -0.2) is 4.79 Å². The summed E-state index contributed by atoms with van der Waals surface area (Å²) in [5, 5.41) is 8.93. The van der Waals surface area contributed by atoms with Crippen molar-refractivity contribution >= 4 is 17.6 Å². The summed E-state index contributed by atoms with van der Waals surface area (Å²) < 4.78 is 4.69. The summed E-state index contributed by atoms with van der Waals surface area (Å²) in [6.45, 7) is 1.92. The van der Waals surface area contributed by atoms with Crippen molar-refractivity contribution in [3.8, 4) is 6.07 Å². The van der Waals surface area contributed by atoms with Crippen LogP contribution in [0.3, 0.4) is 0 Å². The first kappa shape index (κ1) is 12.5. The van der Waals surface area contributed by atoms with Crippen LogP contribution in [0.5, 0.6) is 0 Å². The molecular weight excluding hydrogens is 226 g/mol. The lowest BCUT2D eigenvalue weighted by atomic mass is 9.95. The Morgan fingerprint density at radius 1 is 1.50 bits per heavy atom. The van der Waals surface area contributed by atoms with Gasteiger partial charge < -0.3 is 4.74 Å². The molecule has 1 rings (SSSR count). The van der Waals surface area contributed by atoms with Crippen molar-refractivity contribution in [2.24, 2.45) is 0 Å². The molecule has 0 bridgehead atoms. The lowest BCUT2D eigenvalue weighted by Crippen LogP contribution is -2.08. The molecule has 0 aliphatic heterocycles. The number of nitrogens with zero attached hydrogens (tertiary/aromatic N) is 1. The maximum absolute atomic E-state index is 11.5. The van der Waals surface area contributed by atoms with Crippen LogP contribution >= 0.6 is 11.6 Å². The molecule has 0 aromatic heterocycles. The van der Waals surface area contributed by atoms with E-state index in [1.165, 1.54) is 7.11 Å². The maximum atomic E-state index is 11.5. The lowest BCUT2D eigenvalue weighted by molar-refractivity contribution is 0.0599.